The van der Waals surface area contributed by atoms with E-state index in [4.69, 9.17) is 14.2 Å². The van der Waals surface area contributed by atoms with Gasteiger partial charge in [-0.15, -0.1) is 0 Å². The Hall–Kier alpha value is -1.67. The largest absolute Gasteiger partial charge is 0.466 e. The standard InChI is InChI=1S/C23H41NO7/c1-6-30-19(26)15-18(9-13-25)24-21(28)23(11-7-8-12-23)16-17(10-14-29-5)20(27)31-22(2,3)4/h17-18,25H,6-16H2,1-5H3,(H,24,28). The van der Waals surface area contributed by atoms with Crippen molar-refractivity contribution in [3.05, 3.63) is 0 Å². The number of hydrogen-bond acceptors (Lipinski definition) is 7. The highest BCUT2D eigenvalue weighted by Crippen LogP contribution is 2.44. The number of esters is 2. The predicted octanol–water partition coefficient (Wildman–Crippen LogP) is 2.75. The molecule has 2 N–H and O–H groups in total. The third-order valence-electron chi connectivity index (χ3n) is 5.62. The third-order valence-corrected chi connectivity index (χ3v) is 5.62. The molecule has 2 atom stereocenters. The molecule has 180 valence electrons. The molecule has 1 aliphatic rings. The molecule has 8 heteroatoms. The average molecular weight is 444 g/mol. The van der Waals surface area contributed by atoms with Crippen molar-refractivity contribution in [1.29, 1.82) is 0 Å². The lowest BCUT2D eigenvalue weighted by Crippen LogP contribution is -2.47. The van der Waals surface area contributed by atoms with Gasteiger partial charge in [0.2, 0.25) is 5.91 Å². The Morgan fingerprint density at radius 2 is 1.77 bits per heavy atom. The number of nitrogens with one attached hydrogen (secondary N) is 1. The second kappa shape index (κ2) is 13.0. The van der Waals surface area contributed by atoms with E-state index in [2.05, 4.69) is 5.32 Å². The van der Waals surface area contributed by atoms with E-state index in [1.165, 1.54) is 0 Å². The predicted molar refractivity (Wildman–Crippen MR) is 116 cm³/mol. The molecular weight excluding hydrogens is 402 g/mol. The first kappa shape index (κ1) is 27.4. The molecular formula is C23H41NO7. The van der Waals surface area contributed by atoms with Crippen molar-refractivity contribution in [2.45, 2.75) is 90.7 Å². The Balaban J connectivity index is 2.98. The Morgan fingerprint density at radius 3 is 2.29 bits per heavy atom. The van der Waals surface area contributed by atoms with Gasteiger partial charge in [-0.3, -0.25) is 14.4 Å². The zero-order chi connectivity index (χ0) is 23.5. The first-order chi connectivity index (χ1) is 14.6. The summed E-state index contributed by atoms with van der Waals surface area (Å²) in [5.74, 6) is -1.35. The van der Waals surface area contributed by atoms with Gasteiger partial charge in [-0.25, -0.2) is 0 Å². The quantitative estimate of drug-likeness (QED) is 0.421. The molecule has 1 saturated carbocycles. The van der Waals surface area contributed by atoms with Crippen molar-refractivity contribution in [3.8, 4) is 0 Å². The second-order valence-corrected chi connectivity index (χ2v) is 9.40. The third kappa shape index (κ3) is 9.56. The zero-order valence-electron chi connectivity index (χ0n) is 19.8. The molecule has 1 aliphatic carbocycles. The van der Waals surface area contributed by atoms with E-state index in [0.717, 1.165) is 12.8 Å². The maximum Gasteiger partial charge on any atom is 0.309 e. The molecule has 0 aliphatic heterocycles. The highest BCUT2D eigenvalue weighted by atomic mass is 16.6. The molecule has 0 saturated heterocycles. The Kier molecular flexibility index (Phi) is 11.5. The Bertz CT molecular complexity index is 579. The van der Waals surface area contributed by atoms with Crippen LogP contribution in [0.25, 0.3) is 0 Å². The fourth-order valence-electron chi connectivity index (χ4n) is 4.14. The summed E-state index contributed by atoms with van der Waals surface area (Å²) in [6.07, 6.45) is 4.29. The molecule has 0 radical (unpaired) electrons. The van der Waals surface area contributed by atoms with Crippen molar-refractivity contribution >= 4 is 17.8 Å². The lowest BCUT2D eigenvalue weighted by molar-refractivity contribution is -0.162. The molecule has 1 amide bonds. The summed E-state index contributed by atoms with van der Waals surface area (Å²) in [5.41, 5.74) is -1.31. The van der Waals surface area contributed by atoms with E-state index >= 15 is 0 Å². The van der Waals surface area contributed by atoms with Crippen LogP contribution in [-0.2, 0) is 28.6 Å². The molecule has 0 spiro atoms. The van der Waals surface area contributed by atoms with Crippen molar-refractivity contribution < 1.29 is 33.7 Å². The number of aliphatic hydroxyl groups is 1. The minimum atomic E-state index is -0.697. The number of carbonyl (C=O) groups excluding carboxylic acids is 3. The minimum Gasteiger partial charge on any atom is -0.466 e. The van der Waals surface area contributed by atoms with Gasteiger partial charge in [-0.1, -0.05) is 12.8 Å². The lowest BCUT2D eigenvalue weighted by atomic mass is 9.75. The molecule has 0 aromatic rings. The van der Waals surface area contributed by atoms with Crippen LogP contribution in [0.5, 0.6) is 0 Å². The summed E-state index contributed by atoms with van der Waals surface area (Å²) in [6.45, 7) is 7.71. The van der Waals surface area contributed by atoms with Gasteiger partial charge in [0.05, 0.1) is 24.4 Å². The topological polar surface area (TPSA) is 111 Å². The van der Waals surface area contributed by atoms with Crippen LogP contribution in [0, 0.1) is 11.3 Å². The molecule has 31 heavy (non-hydrogen) atoms. The van der Waals surface area contributed by atoms with E-state index in [1.54, 1.807) is 14.0 Å². The fourth-order valence-corrected chi connectivity index (χ4v) is 4.14. The number of hydrogen-bond donors (Lipinski definition) is 2. The number of amides is 1. The molecule has 0 bridgehead atoms. The van der Waals surface area contributed by atoms with Crippen molar-refractivity contribution in [2.24, 2.45) is 11.3 Å². The maximum atomic E-state index is 13.4. The molecule has 8 nitrogen and oxygen atoms in total. The van der Waals surface area contributed by atoms with Gasteiger partial charge in [-0.2, -0.15) is 0 Å². The Labute approximate surface area is 186 Å². The number of rotatable bonds is 13. The SMILES string of the molecule is CCOC(=O)CC(CCO)NC(=O)C1(CC(CCOC)C(=O)OC(C)(C)C)CCCC1. The van der Waals surface area contributed by atoms with Crippen LogP contribution >= 0.6 is 0 Å². The van der Waals surface area contributed by atoms with Crippen LogP contribution in [0.4, 0.5) is 0 Å². The fraction of sp³-hybridized carbons (Fsp3) is 0.870. The van der Waals surface area contributed by atoms with E-state index in [9.17, 15) is 19.5 Å². The van der Waals surface area contributed by atoms with Gasteiger partial charge < -0.3 is 24.6 Å². The van der Waals surface area contributed by atoms with Crippen LogP contribution in [0.1, 0.15) is 79.1 Å². The molecule has 2 unspecified atom stereocenters. The summed E-state index contributed by atoms with van der Waals surface area (Å²) in [5, 5.41) is 12.3. The second-order valence-electron chi connectivity index (χ2n) is 9.40. The van der Waals surface area contributed by atoms with Gasteiger partial charge in [-0.05, 0) is 59.8 Å². The van der Waals surface area contributed by atoms with Crippen LogP contribution in [0.15, 0.2) is 0 Å². The van der Waals surface area contributed by atoms with Gasteiger partial charge in [0.1, 0.15) is 5.60 Å². The average Bonchev–Trinajstić information content (AvgIpc) is 3.14. The van der Waals surface area contributed by atoms with Crippen LogP contribution in [0.3, 0.4) is 0 Å². The highest BCUT2D eigenvalue weighted by molar-refractivity contribution is 5.85. The summed E-state index contributed by atoms with van der Waals surface area (Å²) in [4.78, 5) is 38.1. The van der Waals surface area contributed by atoms with Gasteiger partial charge in [0.15, 0.2) is 0 Å². The molecule has 0 aromatic carbocycles. The number of ether oxygens (including phenoxy) is 3. The van der Waals surface area contributed by atoms with E-state index in [-0.39, 0.29) is 37.9 Å². The number of carbonyl (C=O) groups is 3. The van der Waals surface area contributed by atoms with Crippen LogP contribution in [0.2, 0.25) is 0 Å². The van der Waals surface area contributed by atoms with Crippen LogP contribution < -0.4 is 5.32 Å². The first-order valence-electron chi connectivity index (χ1n) is 11.4. The van der Waals surface area contributed by atoms with Crippen molar-refractivity contribution in [2.75, 3.05) is 26.9 Å². The summed E-state index contributed by atoms with van der Waals surface area (Å²) in [6, 6.07) is -0.507. The summed E-state index contributed by atoms with van der Waals surface area (Å²) < 4.78 is 15.8. The lowest BCUT2D eigenvalue weighted by Gasteiger charge is -2.34. The van der Waals surface area contributed by atoms with Crippen molar-refractivity contribution in [1.82, 2.24) is 5.32 Å². The molecule has 1 rings (SSSR count). The van der Waals surface area contributed by atoms with Crippen LogP contribution in [-0.4, -0.2) is 61.5 Å². The minimum absolute atomic E-state index is 0.00931. The molecule has 1 fully saturated rings. The van der Waals surface area contributed by atoms with Crippen molar-refractivity contribution in [3.63, 3.8) is 0 Å². The zero-order valence-corrected chi connectivity index (χ0v) is 19.8. The van der Waals surface area contributed by atoms with E-state index < -0.39 is 28.9 Å². The highest BCUT2D eigenvalue weighted by Gasteiger charge is 2.45. The Morgan fingerprint density at radius 1 is 1.13 bits per heavy atom. The molecule has 0 heterocycles. The summed E-state index contributed by atoms with van der Waals surface area (Å²) >= 11 is 0. The van der Waals surface area contributed by atoms with Gasteiger partial charge in [0, 0.05) is 26.4 Å². The first-order valence-corrected chi connectivity index (χ1v) is 11.4. The van der Waals surface area contributed by atoms with E-state index in [1.807, 2.05) is 20.8 Å². The summed E-state index contributed by atoms with van der Waals surface area (Å²) in [7, 11) is 1.58. The van der Waals surface area contributed by atoms with Gasteiger partial charge >= 0.3 is 11.9 Å². The van der Waals surface area contributed by atoms with Gasteiger partial charge in [0.25, 0.3) is 0 Å². The smallest absolute Gasteiger partial charge is 0.309 e. The normalized spacial score (nSPS) is 17.6. The number of aliphatic hydroxyl groups excluding tert-OH is 1. The monoisotopic (exact) mass is 443 g/mol. The maximum absolute atomic E-state index is 13.4. The number of methoxy groups -OCH3 is 1. The molecule has 0 aromatic heterocycles. The van der Waals surface area contributed by atoms with E-state index in [0.29, 0.717) is 32.3 Å².